The maximum Gasteiger partial charge on any atom is 0.471 e. The summed E-state index contributed by atoms with van der Waals surface area (Å²) >= 11 is 0. The monoisotopic (exact) mass is 660 g/mol. The molecule has 2 aliphatic rings. The molecular formula is C31H51F3N6O6. The summed E-state index contributed by atoms with van der Waals surface area (Å²) in [7, 11) is 0.992. The van der Waals surface area contributed by atoms with Crippen LogP contribution in [0, 0.1) is 28.6 Å². The van der Waals surface area contributed by atoms with Crippen LogP contribution in [-0.2, 0) is 24.0 Å². The third-order valence-electron chi connectivity index (χ3n) is 8.78. The Bertz CT molecular complexity index is 1170. The lowest BCUT2D eigenvalue weighted by molar-refractivity contribution is -0.184. The van der Waals surface area contributed by atoms with Crippen molar-refractivity contribution >= 4 is 35.4 Å². The second-order valence-corrected chi connectivity index (χ2v) is 15.2. The van der Waals surface area contributed by atoms with Crippen LogP contribution < -0.4 is 21.7 Å². The maximum atomic E-state index is 14.2. The molecule has 262 valence electrons. The number of nitrogens with one attached hydrogen (secondary N) is 3. The van der Waals surface area contributed by atoms with Crippen molar-refractivity contribution in [1.29, 1.82) is 0 Å². The highest BCUT2D eigenvalue weighted by Crippen LogP contribution is 2.36. The largest absolute Gasteiger partial charge is 0.471 e. The average molecular weight is 661 g/mol. The molecule has 1 saturated heterocycles. The summed E-state index contributed by atoms with van der Waals surface area (Å²) in [6, 6.07) is -5.03. The van der Waals surface area contributed by atoms with Gasteiger partial charge in [-0.3, -0.25) is 24.0 Å². The van der Waals surface area contributed by atoms with E-state index in [1.165, 1.54) is 4.90 Å². The third-order valence-corrected chi connectivity index (χ3v) is 8.78. The molecule has 46 heavy (non-hydrogen) atoms. The Balaban J connectivity index is 2.32. The molecule has 0 spiro atoms. The van der Waals surface area contributed by atoms with Crippen LogP contribution in [0.4, 0.5) is 18.0 Å². The van der Waals surface area contributed by atoms with Gasteiger partial charge in [0.2, 0.25) is 17.6 Å². The number of amides is 6. The number of likely N-dealkylation sites (tertiary alicyclic amines) is 1. The van der Waals surface area contributed by atoms with E-state index in [0.717, 1.165) is 19.9 Å². The van der Waals surface area contributed by atoms with Crippen LogP contribution in [0.15, 0.2) is 0 Å². The zero-order valence-corrected chi connectivity index (χ0v) is 28.3. The molecular weight excluding hydrogens is 609 g/mol. The van der Waals surface area contributed by atoms with Gasteiger partial charge in [-0.05, 0) is 41.4 Å². The van der Waals surface area contributed by atoms with Crippen molar-refractivity contribution in [2.24, 2.45) is 34.3 Å². The van der Waals surface area contributed by atoms with E-state index in [0.29, 0.717) is 11.3 Å². The second-order valence-electron chi connectivity index (χ2n) is 15.2. The van der Waals surface area contributed by atoms with Gasteiger partial charge in [0.25, 0.3) is 5.91 Å². The molecule has 2 fully saturated rings. The Morgan fingerprint density at radius 3 is 1.89 bits per heavy atom. The Kier molecular flexibility index (Phi) is 12.3. The number of rotatable bonds is 12. The molecule has 12 nitrogen and oxygen atoms in total. The summed E-state index contributed by atoms with van der Waals surface area (Å²) in [5.41, 5.74) is 3.60. The van der Waals surface area contributed by atoms with Gasteiger partial charge in [-0.1, -0.05) is 68.2 Å². The van der Waals surface area contributed by atoms with Crippen LogP contribution in [0.2, 0.25) is 0 Å². The molecule has 1 aliphatic heterocycles. The van der Waals surface area contributed by atoms with Crippen LogP contribution in [0.25, 0.3) is 0 Å². The topological polar surface area (TPSA) is 171 Å². The zero-order valence-electron chi connectivity index (χ0n) is 28.3. The van der Waals surface area contributed by atoms with E-state index in [2.05, 4.69) is 16.0 Å². The van der Waals surface area contributed by atoms with Crippen molar-refractivity contribution in [3.63, 3.8) is 0 Å². The van der Waals surface area contributed by atoms with E-state index in [1.807, 2.05) is 13.8 Å². The summed E-state index contributed by atoms with van der Waals surface area (Å²) in [4.78, 5) is 79.2. The molecule has 6 amide bonds. The highest BCUT2D eigenvalue weighted by Gasteiger charge is 2.48. The number of carbonyl (C=O) groups excluding carboxylic acids is 6. The van der Waals surface area contributed by atoms with E-state index >= 15 is 0 Å². The fraction of sp³-hybridized carbons (Fsp3) is 0.806. The number of primary amides is 1. The summed E-state index contributed by atoms with van der Waals surface area (Å²) in [5, 5.41) is 7.99. The van der Waals surface area contributed by atoms with Crippen LogP contribution in [0.5, 0.6) is 0 Å². The Hall–Kier alpha value is -3.39. The first kappa shape index (κ1) is 38.8. The lowest BCUT2D eigenvalue weighted by Crippen LogP contribution is -2.62. The molecule has 0 aromatic heterocycles. The number of hydrogen-bond acceptors (Lipinski definition) is 6. The summed E-state index contributed by atoms with van der Waals surface area (Å²) in [6.07, 6.45) is -2.60. The SMILES string of the molecule is CC(C)C1CCN(C(=O)[C@@H](NC(=O)N[C@H](CN(C)C(=O)C(F)(F)F)C(C)(C)C)C(C)(C)C)[C@@H]1C(=O)NC(CC1CC1)C(=O)C(N)=O. The highest BCUT2D eigenvalue weighted by atomic mass is 19.4. The fourth-order valence-corrected chi connectivity index (χ4v) is 5.70. The van der Waals surface area contributed by atoms with Crippen molar-refractivity contribution in [3.05, 3.63) is 0 Å². The van der Waals surface area contributed by atoms with E-state index < -0.39 is 83.2 Å². The zero-order chi connectivity index (χ0) is 35.5. The number of urea groups is 1. The van der Waals surface area contributed by atoms with Gasteiger partial charge in [0.1, 0.15) is 12.1 Å². The number of alkyl halides is 3. The molecule has 0 radical (unpaired) electrons. The van der Waals surface area contributed by atoms with E-state index in [9.17, 15) is 41.9 Å². The molecule has 5 atom stereocenters. The molecule has 2 unspecified atom stereocenters. The Morgan fingerprint density at radius 2 is 1.46 bits per heavy atom. The van der Waals surface area contributed by atoms with Crippen LogP contribution >= 0.6 is 0 Å². The first-order valence-electron chi connectivity index (χ1n) is 15.7. The quantitative estimate of drug-likeness (QED) is 0.234. The molecule has 1 saturated carbocycles. The molecule has 5 N–H and O–H groups in total. The van der Waals surface area contributed by atoms with Crippen LogP contribution in [-0.4, -0.2) is 95.7 Å². The molecule has 2 rings (SSSR count). The van der Waals surface area contributed by atoms with Gasteiger partial charge in [-0.15, -0.1) is 0 Å². The summed E-state index contributed by atoms with van der Waals surface area (Å²) in [6.45, 7) is 13.8. The number of nitrogens with two attached hydrogens (primary N) is 1. The smallest absolute Gasteiger partial charge is 0.363 e. The average Bonchev–Trinajstić information content (AvgIpc) is 3.60. The molecule has 0 aromatic rings. The third kappa shape index (κ3) is 10.3. The Labute approximate surface area is 269 Å². The van der Waals surface area contributed by atoms with Crippen molar-refractivity contribution in [3.8, 4) is 0 Å². The van der Waals surface area contributed by atoms with Crippen molar-refractivity contribution in [2.45, 2.75) is 111 Å². The fourth-order valence-electron chi connectivity index (χ4n) is 5.70. The van der Waals surface area contributed by atoms with E-state index in [4.69, 9.17) is 5.73 Å². The number of nitrogens with zero attached hydrogens (tertiary/aromatic N) is 2. The lowest BCUT2D eigenvalue weighted by Gasteiger charge is -2.38. The minimum absolute atomic E-state index is 0.0319. The minimum Gasteiger partial charge on any atom is -0.363 e. The van der Waals surface area contributed by atoms with Crippen LogP contribution in [0.1, 0.15) is 81.1 Å². The first-order chi connectivity index (χ1) is 20.9. The predicted molar refractivity (Wildman–Crippen MR) is 164 cm³/mol. The number of ketones is 1. The lowest BCUT2D eigenvalue weighted by atomic mass is 9.84. The summed E-state index contributed by atoms with van der Waals surface area (Å²) in [5.74, 6) is -5.38. The van der Waals surface area contributed by atoms with Crippen molar-refractivity contribution in [1.82, 2.24) is 25.8 Å². The summed E-state index contributed by atoms with van der Waals surface area (Å²) < 4.78 is 39.1. The highest BCUT2D eigenvalue weighted by molar-refractivity contribution is 6.37. The number of likely N-dealkylation sites (N-methyl/N-ethyl adjacent to an activating group) is 1. The van der Waals surface area contributed by atoms with Gasteiger partial charge in [0.15, 0.2) is 0 Å². The normalized spacial score (nSPS) is 20.8. The standard InChI is InChI=1S/C31H51F3N6O6/c1-16(2)18-12-13-40(21(18)25(43)36-19(14-17-10-11-17)22(41)24(35)42)26(44)23(30(6,7)8)38-28(46)37-20(29(3,4)5)15-39(9)27(45)31(32,33)34/h16-21,23H,10-15H2,1-9H3,(H2,35,42)(H,36,43)(H2,37,38,46)/t18?,19?,20-,21+,23-/m1/s1. The molecule has 0 aromatic carbocycles. The second kappa shape index (κ2) is 14.6. The minimum atomic E-state index is -5.08. The Morgan fingerprint density at radius 1 is 0.891 bits per heavy atom. The van der Waals surface area contributed by atoms with E-state index in [1.54, 1.807) is 41.5 Å². The van der Waals surface area contributed by atoms with Crippen LogP contribution in [0.3, 0.4) is 0 Å². The number of Topliss-reactive ketones (excluding diaryl/α,β-unsaturated/α-hetero) is 1. The molecule has 15 heteroatoms. The molecule has 1 heterocycles. The molecule has 0 bridgehead atoms. The van der Waals surface area contributed by atoms with Crippen molar-refractivity contribution in [2.75, 3.05) is 20.1 Å². The van der Waals surface area contributed by atoms with E-state index in [-0.39, 0.29) is 30.7 Å². The van der Waals surface area contributed by atoms with Crippen molar-refractivity contribution < 1.29 is 41.9 Å². The molecule has 1 aliphatic carbocycles. The van der Waals surface area contributed by atoms with Gasteiger partial charge < -0.3 is 31.5 Å². The predicted octanol–water partition coefficient (Wildman–Crippen LogP) is 2.35. The first-order valence-corrected chi connectivity index (χ1v) is 15.7. The van der Waals surface area contributed by atoms with Gasteiger partial charge in [-0.2, -0.15) is 13.2 Å². The number of hydrogen-bond donors (Lipinski definition) is 4. The van der Waals surface area contributed by atoms with Gasteiger partial charge in [0.05, 0.1) is 12.1 Å². The number of carbonyl (C=O) groups is 6. The van der Waals surface area contributed by atoms with Gasteiger partial charge in [-0.25, -0.2) is 4.79 Å². The number of halogens is 3. The van der Waals surface area contributed by atoms with Gasteiger partial charge >= 0.3 is 18.1 Å². The van der Waals surface area contributed by atoms with Gasteiger partial charge in [0, 0.05) is 20.1 Å². The maximum absolute atomic E-state index is 14.2.